The number of aromatic nitrogens is 5. The van der Waals surface area contributed by atoms with Gasteiger partial charge in [-0.3, -0.25) is 9.48 Å². The highest BCUT2D eigenvalue weighted by Crippen LogP contribution is 2.14. The van der Waals surface area contributed by atoms with Crippen molar-refractivity contribution >= 4 is 5.91 Å². The summed E-state index contributed by atoms with van der Waals surface area (Å²) in [6.45, 7) is 7.54. The first-order valence-corrected chi connectivity index (χ1v) is 7.41. The normalized spacial score (nSPS) is 12.3. The highest BCUT2D eigenvalue weighted by molar-refractivity contribution is 5.92. The molecule has 21 heavy (non-hydrogen) atoms. The van der Waals surface area contributed by atoms with Gasteiger partial charge >= 0.3 is 0 Å². The van der Waals surface area contributed by atoms with Crippen LogP contribution in [0.5, 0.6) is 0 Å². The maximum Gasteiger partial charge on any atom is 0.270 e. The predicted octanol–water partition coefficient (Wildman–Crippen LogP) is 1.79. The Kier molecular flexibility index (Phi) is 5.08. The Morgan fingerprint density at radius 1 is 1.29 bits per heavy atom. The molecule has 0 aliphatic carbocycles. The highest BCUT2D eigenvalue weighted by Gasteiger charge is 2.20. The molecule has 0 bridgehead atoms. The molecule has 0 aliphatic rings. The van der Waals surface area contributed by atoms with E-state index in [0.29, 0.717) is 5.69 Å². The largest absolute Gasteiger partial charge is 0.341 e. The summed E-state index contributed by atoms with van der Waals surface area (Å²) in [5.41, 5.74) is 0.581. The Hall–Kier alpha value is -2.18. The minimum atomic E-state index is -0.148. The molecule has 7 heteroatoms. The lowest BCUT2D eigenvalue weighted by Crippen LogP contribution is -2.32. The first-order valence-electron chi connectivity index (χ1n) is 7.41. The van der Waals surface area contributed by atoms with E-state index in [-0.39, 0.29) is 11.9 Å². The van der Waals surface area contributed by atoms with Gasteiger partial charge in [-0.15, -0.1) is 0 Å². The first-order chi connectivity index (χ1) is 10.2. The zero-order valence-electron chi connectivity index (χ0n) is 12.8. The monoisotopic (exact) mass is 290 g/mol. The molecule has 7 nitrogen and oxygen atoms in total. The second-order valence-corrected chi connectivity index (χ2v) is 4.81. The fraction of sp³-hybridized carbons (Fsp3) is 0.571. The van der Waals surface area contributed by atoms with E-state index in [0.717, 1.165) is 31.8 Å². The van der Waals surface area contributed by atoms with Gasteiger partial charge in [0.25, 0.3) is 5.91 Å². The lowest BCUT2D eigenvalue weighted by atomic mass is 10.2. The Morgan fingerprint density at radius 3 is 2.76 bits per heavy atom. The third-order valence-electron chi connectivity index (χ3n) is 3.35. The number of hydrogen-bond donors (Lipinski definition) is 1. The molecule has 0 aliphatic heterocycles. The van der Waals surface area contributed by atoms with E-state index in [9.17, 15) is 4.79 Å². The third kappa shape index (κ3) is 3.29. The van der Waals surface area contributed by atoms with Crippen LogP contribution < -0.4 is 5.32 Å². The lowest BCUT2D eigenvalue weighted by Gasteiger charge is -2.17. The number of amides is 1. The average molecular weight is 290 g/mol. The molecular formula is C14H22N6O. The van der Waals surface area contributed by atoms with Crippen LogP contribution in [-0.2, 0) is 13.1 Å². The van der Waals surface area contributed by atoms with Gasteiger partial charge in [0, 0.05) is 19.3 Å². The summed E-state index contributed by atoms with van der Waals surface area (Å²) in [6.07, 6.45) is 4.87. The molecule has 0 fully saturated rings. The fourth-order valence-electron chi connectivity index (χ4n) is 2.28. The van der Waals surface area contributed by atoms with Crippen LogP contribution in [0.15, 0.2) is 18.6 Å². The number of nitrogens with zero attached hydrogens (tertiary/aromatic N) is 5. The minimum absolute atomic E-state index is 0.126. The van der Waals surface area contributed by atoms with Gasteiger partial charge in [-0.25, -0.2) is 9.67 Å². The molecule has 2 heterocycles. The number of carbonyl (C=O) groups is 1. The molecule has 2 rings (SSSR count). The van der Waals surface area contributed by atoms with Gasteiger partial charge in [0.1, 0.15) is 17.8 Å². The van der Waals surface area contributed by atoms with Crippen molar-refractivity contribution in [3.8, 4) is 0 Å². The van der Waals surface area contributed by atoms with Gasteiger partial charge in [-0.1, -0.05) is 13.8 Å². The van der Waals surface area contributed by atoms with Crippen molar-refractivity contribution in [1.29, 1.82) is 0 Å². The Balaban J connectivity index is 2.15. The molecule has 1 atom stereocenters. The van der Waals surface area contributed by atoms with Gasteiger partial charge in [-0.05, 0) is 25.8 Å². The first kappa shape index (κ1) is 15.2. The van der Waals surface area contributed by atoms with Crippen LogP contribution in [-0.4, -0.2) is 30.5 Å². The number of rotatable bonds is 7. The molecule has 0 saturated heterocycles. The summed E-state index contributed by atoms with van der Waals surface area (Å²) in [7, 11) is 0. The summed E-state index contributed by atoms with van der Waals surface area (Å²) in [4.78, 5) is 16.7. The zero-order chi connectivity index (χ0) is 15.2. The second kappa shape index (κ2) is 7.01. The van der Waals surface area contributed by atoms with Crippen LogP contribution in [0, 0.1) is 0 Å². The quantitative estimate of drug-likeness (QED) is 0.843. The number of carbonyl (C=O) groups excluding carboxylic acids is 1. The van der Waals surface area contributed by atoms with Crippen molar-refractivity contribution in [1.82, 2.24) is 29.9 Å². The molecule has 1 N–H and O–H groups in total. The smallest absolute Gasteiger partial charge is 0.270 e. The fourth-order valence-corrected chi connectivity index (χ4v) is 2.28. The third-order valence-corrected chi connectivity index (χ3v) is 3.35. The molecular weight excluding hydrogens is 268 g/mol. The zero-order valence-corrected chi connectivity index (χ0v) is 12.8. The SMILES string of the molecule is CCCn1nccc1C(=O)N[C@H](CC)c1ncnn1CC. The number of nitrogens with one attached hydrogen (secondary N) is 1. The van der Waals surface area contributed by atoms with Gasteiger partial charge in [0.2, 0.25) is 0 Å². The van der Waals surface area contributed by atoms with Crippen LogP contribution in [0.25, 0.3) is 0 Å². The van der Waals surface area contributed by atoms with Crippen LogP contribution >= 0.6 is 0 Å². The molecule has 0 aromatic carbocycles. The van der Waals surface area contributed by atoms with Crippen LogP contribution in [0.1, 0.15) is 56.0 Å². The van der Waals surface area contributed by atoms with Crippen LogP contribution in [0.2, 0.25) is 0 Å². The average Bonchev–Trinajstić information content (AvgIpc) is 3.13. The molecule has 1 amide bonds. The molecule has 0 radical (unpaired) electrons. The Bertz CT molecular complexity index is 588. The van der Waals surface area contributed by atoms with Gasteiger partial charge in [-0.2, -0.15) is 10.2 Å². The van der Waals surface area contributed by atoms with Crippen molar-refractivity contribution in [2.45, 2.75) is 52.7 Å². The molecule has 2 aromatic rings. The Morgan fingerprint density at radius 2 is 2.10 bits per heavy atom. The Labute approximate surface area is 124 Å². The second-order valence-electron chi connectivity index (χ2n) is 4.81. The van der Waals surface area contributed by atoms with Crippen molar-refractivity contribution < 1.29 is 4.79 Å². The molecule has 114 valence electrons. The van der Waals surface area contributed by atoms with Gasteiger partial charge in [0.05, 0.1) is 6.04 Å². The summed E-state index contributed by atoms with van der Waals surface area (Å²) >= 11 is 0. The topological polar surface area (TPSA) is 77.6 Å². The van der Waals surface area contributed by atoms with Crippen LogP contribution in [0.4, 0.5) is 0 Å². The van der Waals surface area contributed by atoms with E-state index in [1.54, 1.807) is 21.6 Å². The maximum atomic E-state index is 12.4. The predicted molar refractivity (Wildman–Crippen MR) is 78.7 cm³/mol. The van der Waals surface area contributed by atoms with E-state index in [1.807, 2.05) is 13.8 Å². The standard InChI is InChI=1S/C14H22N6O/c1-4-9-20-12(7-8-16-20)14(21)18-11(5-2)13-15-10-17-19(13)6-3/h7-8,10-11H,4-6,9H2,1-3H3,(H,18,21)/t11-/m1/s1. The van der Waals surface area contributed by atoms with E-state index >= 15 is 0 Å². The van der Waals surface area contributed by atoms with Crippen molar-refractivity contribution in [2.75, 3.05) is 0 Å². The molecule has 2 aromatic heterocycles. The van der Waals surface area contributed by atoms with Crippen LogP contribution in [0.3, 0.4) is 0 Å². The van der Waals surface area contributed by atoms with Crippen molar-refractivity contribution in [2.24, 2.45) is 0 Å². The lowest BCUT2D eigenvalue weighted by molar-refractivity contribution is 0.0921. The molecule has 0 spiro atoms. The van der Waals surface area contributed by atoms with Gasteiger partial charge in [0.15, 0.2) is 0 Å². The van der Waals surface area contributed by atoms with E-state index < -0.39 is 0 Å². The number of hydrogen-bond acceptors (Lipinski definition) is 4. The summed E-state index contributed by atoms with van der Waals surface area (Å²) in [6, 6.07) is 1.59. The van der Waals surface area contributed by atoms with E-state index in [2.05, 4.69) is 27.4 Å². The van der Waals surface area contributed by atoms with E-state index in [1.165, 1.54) is 6.33 Å². The van der Waals surface area contributed by atoms with Crippen molar-refractivity contribution in [3.05, 3.63) is 30.1 Å². The highest BCUT2D eigenvalue weighted by atomic mass is 16.2. The molecule has 0 unspecified atom stereocenters. The maximum absolute atomic E-state index is 12.4. The summed E-state index contributed by atoms with van der Waals surface area (Å²) in [5, 5.41) is 11.4. The summed E-state index contributed by atoms with van der Waals surface area (Å²) < 4.78 is 3.53. The van der Waals surface area contributed by atoms with Gasteiger partial charge < -0.3 is 5.32 Å². The van der Waals surface area contributed by atoms with Crippen molar-refractivity contribution in [3.63, 3.8) is 0 Å². The number of aryl methyl sites for hydroxylation is 2. The minimum Gasteiger partial charge on any atom is -0.341 e. The molecule has 0 saturated carbocycles. The summed E-state index contributed by atoms with van der Waals surface area (Å²) in [5.74, 6) is 0.661. The van der Waals surface area contributed by atoms with E-state index in [4.69, 9.17) is 0 Å².